The molecule has 1 saturated heterocycles. The van der Waals surface area contributed by atoms with Gasteiger partial charge in [0.1, 0.15) is 5.82 Å². The van der Waals surface area contributed by atoms with Crippen LogP contribution in [0.3, 0.4) is 0 Å². The van der Waals surface area contributed by atoms with Gasteiger partial charge in [-0.1, -0.05) is 32.2 Å². The summed E-state index contributed by atoms with van der Waals surface area (Å²) in [6.45, 7) is 14.9. The standard InChI is InChI=1S/C22H27N3O.C8H12N2.CH4.H2/c1-16-5-6-20(12-22(16)17(2)18(3)26)21-11-19(13-23-14-21)15-25-9-7-24(4)8-10-25;1-7-4-5-8(9-6-7)10(2)3;;/h5-6,11-14H,2,7-10,15H2,1,3-4H3;4-6H,1-3H3;1H4;1H. The number of aromatic nitrogens is 2. The van der Waals surface area contributed by atoms with E-state index in [2.05, 4.69) is 57.7 Å². The Hall–Kier alpha value is -3.35. The highest BCUT2D eigenvalue weighted by Gasteiger charge is 2.15. The van der Waals surface area contributed by atoms with E-state index >= 15 is 0 Å². The lowest BCUT2D eigenvalue weighted by Crippen LogP contribution is -2.43. The van der Waals surface area contributed by atoms with Crippen molar-refractivity contribution in [3.8, 4) is 11.1 Å². The SMILES string of the molecule is C.C=C(C(C)=O)c1cc(-c2cncc(CN3CCN(C)CC3)c2)ccc1C.Cc1ccc(N(C)C)nc1.[HH]. The number of nitrogens with zero attached hydrogens (tertiary/aromatic N) is 5. The van der Waals surface area contributed by atoms with Crippen molar-refractivity contribution in [2.75, 3.05) is 52.2 Å². The molecule has 0 bridgehead atoms. The second kappa shape index (κ2) is 13.8. The van der Waals surface area contributed by atoms with Gasteiger partial charge in [-0.05, 0) is 73.8 Å². The van der Waals surface area contributed by atoms with Crippen LogP contribution < -0.4 is 4.90 Å². The van der Waals surface area contributed by atoms with Crippen LogP contribution in [0.4, 0.5) is 5.82 Å². The number of anilines is 1. The summed E-state index contributed by atoms with van der Waals surface area (Å²) in [5.41, 5.74) is 7.11. The van der Waals surface area contributed by atoms with Crippen LogP contribution >= 0.6 is 0 Å². The lowest BCUT2D eigenvalue weighted by Gasteiger charge is -2.32. The Morgan fingerprint density at radius 3 is 2.30 bits per heavy atom. The van der Waals surface area contributed by atoms with E-state index in [4.69, 9.17) is 0 Å². The molecule has 0 atom stereocenters. The molecule has 0 radical (unpaired) electrons. The van der Waals surface area contributed by atoms with Crippen molar-refractivity contribution in [3.05, 3.63) is 83.8 Å². The molecule has 3 aromatic rings. The Balaban J connectivity index is 0.000000511. The quantitative estimate of drug-likeness (QED) is 0.400. The molecule has 3 heterocycles. The van der Waals surface area contributed by atoms with Crippen LogP contribution in [-0.2, 0) is 11.3 Å². The highest BCUT2D eigenvalue weighted by Crippen LogP contribution is 2.27. The van der Waals surface area contributed by atoms with Gasteiger partial charge in [0, 0.05) is 78.0 Å². The van der Waals surface area contributed by atoms with Gasteiger partial charge in [-0.25, -0.2) is 4.98 Å². The Kier molecular flexibility index (Phi) is 11.2. The molecule has 1 aliphatic rings. The summed E-state index contributed by atoms with van der Waals surface area (Å²) in [6.07, 6.45) is 5.71. The minimum Gasteiger partial charge on any atom is -0.363 e. The second-order valence-corrected chi connectivity index (χ2v) is 9.81. The van der Waals surface area contributed by atoms with Crippen LogP contribution in [0.15, 0.2) is 61.6 Å². The zero-order valence-electron chi connectivity index (χ0n) is 22.6. The van der Waals surface area contributed by atoms with Crippen LogP contribution in [0, 0.1) is 13.8 Å². The molecule has 0 N–H and O–H groups in total. The van der Waals surface area contributed by atoms with E-state index in [0.29, 0.717) is 5.57 Å². The summed E-state index contributed by atoms with van der Waals surface area (Å²) < 4.78 is 0. The largest absolute Gasteiger partial charge is 0.363 e. The molecule has 0 unspecified atom stereocenters. The number of benzene rings is 1. The number of piperazine rings is 1. The number of hydrogen-bond acceptors (Lipinski definition) is 6. The van der Waals surface area contributed by atoms with Crippen LogP contribution in [0.5, 0.6) is 0 Å². The topological polar surface area (TPSA) is 52.6 Å². The third-order valence-corrected chi connectivity index (χ3v) is 6.47. The summed E-state index contributed by atoms with van der Waals surface area (Å²) in [5.74, 6) is 1.01. The summed E-state index contributed by atoms with van der Waals surface area (Å²) in [7, 11) is 6.14. The molecule has 200 valence electrons. The van der Waals surface area contributed by atoms with Crippen LogP contribution in [0.1, 0.15) is 38.0 Å². The third kappa shape index (κ3) is 8.62. The smallest absolute Gasteiger partial charge is 0.159 e. The fourth-order valence-electron chi connectivity index (χ4n) is 4.04. The number of Topliss-reactive ketones (excluding diaryl/α,β-unsaturated/α-hetero) is 1. The van der Waals surface area contributed by atoms with E-state index in [9.17, 15) is 4.79 Å². The van der Waals surface area contributed by atoms with Gasteiger partial charge in [-0.3, -0.25) is 14.7 Å². The van der Waals surface area contributed by atoms with Gasteiger partial charge < -0.3 is 9.80 Å². The lowest BCUT2D eigenvalue weighted by molar-refractivity contribution is -0.111. The fraction of sp³-hybridized carbons (Fsp3) is 0.387. The monoisotopic (exact) mass is 503 g/mol. The van der Waals surface area contributed by atoms with E-state index in [1.165, 1.54) is 11.1 Å². The van der Waals surface area contributed by atoms with Gasteiger partial charge in [0.2, 0.25) is 0 Å². The molecule has 4 rings (SSSR count). The zero-order valence-corrected chi connectivity index (χ0v) is 22.6. The molecule has 2 aromatic heterocycles. The first-order chi connectivity index (χ1) is 17.1. The van der Waals surface area contributed by atoms with Gasteiger partial charge in [-0.2, -0.15) is 0 Å². The highest BCUT2D eigenvalue weighted by molar-refractivity contribution is 6.19. The van der Waals surface area contributed by atoms with Crippen LogP contribution in [0.25, 0.3) is 16.7 Å². The van der Waals surface area contributed by atoms with Crippen LogP contribution in [-0.4, -0.2) is 72.9 Å². The molecule has 0 saturated carbocycles. The Bertz CT molecular complexity index is 1190. The number of rotatable bonds is 6. The molecular formula is C31H45N5O. The number of pyridine rings is 2. The molecule has 0 amide bonds. The fourth-order valence-corrected chi connectivity index (χ4v) is 4.04. The average Bonchev–Trinajstić information content (AvgIpc) is 2.86. The molecule has 1 aliphatic heterocycles. The lowest BCUT2D eigenvalue weighted by atomic mass is 9.94. The maximum absolute atomic E-state index is 11.7. The number of carbonyl (C=O) groups excluding carboxylic acids is 1. The molecule has 37 heavy (non-hydrogen) atoms. The number of likely N-dealkylation sites (N-methyl/N-ethyl adjacent to an activating group) is 1. The van der Waals surface area contributed by atoms with E-state index < -0.39 is 0 Å². The first kappa shape index (κ1) is 29.9. The molecule has 6 nitrogen and oxygen atoms in total. The summed E-state index contributed by atoms with van der Waals surface area (Å²) in [4.78, 5) is 27.2. The van der Waals surface area contributed by atoms with Crippen molar-refractivity contribution in [1.82, 2.24) is 19.8 Å². The highest BCUT2D eigenvalue weighted by atomic mass is 16.1. The average molecular weight is 504 g/mol. The van der Waals surface area contributed by atoms with Crippen molar-refractivity contribution < 1.29 is 6.22 Å². The van der Waals surface area contributed by atoms with Gasteiger partial charge >= 0.3 is 0 Å². The summed E-state index contributed by atoms with van der Waals surface area (Å²) in [6, 6.07) is 12.5. The van der Waals surface area contributed by atoms with E-state index in [1.807, 2.05) is 63.6 Å². The van der Waals surface area contributed by atoms with Crippen molar-refractivity contribution in [2.45, 2.75) is 34.7 Å². The van der Waals surface area contributed by atoms with E-state index in [0.717, 1.165) is 60.8 Å². The minimum atomic E-state index is 0. The number of hydrogen-bond donors (Lipinski definition) is 0. The maximum atomic E-state index is 11.7. The third-order valence-electron chi connectivity index (χ3n) is 6.47. The number of allylic oxidation sites excluding steroid dienone is 1. The van der Waals surface area contributed by atoms with Crippen LogP contribution in [0.2, 0.25) is 0 Å². The van der Waals surface area contributed by atoms with Crippen molar-refractivity contribution in [2.24, 2.45) is 0 Å². The summed E-state index contributed by atoms with van der Waals surface area (Å²) in [5, 5.41) is 0. The molecule has 0 spiro atoms. The first-order valence-corrected chi connectivity index (χ1v) is 12.4. The van der Waals surface area contributed by atoms with E-state index in [-0.39, 0.29) is 14.6 Å². The minimum absolute atomic E-state index is 0. The predicted octanol–water partition coefficient (Wildman–Crippen LogP) is 5.74. The zero-order chi connectivity index (χ0) is 26.2. The number of carbonyl (C=O) groups is 1. The Labute approximate surface area is 225 Å². The first-order valence-electron chi connectivity index (χ1n) is 12.4. The van der Waals surface area contributed by atoms with Gasteiger partial charge in [0.25, 0.3) is 0 Å². The molecule has 1 fully saturated rings. The normalized spacial score (nSPS) is 13.7. The predicted molar refractivity (Wildman–Crippen MR) is 159 cm³/mol. The van der Waals surface area contributed by atoms with Gasteiger partial charge in [-0.15, -0.1) is 0 Å². The molecule has 0 aliphatic carbocycles. The molecular weight excluding hydrogens is 458 g/mol. The van der Waals surface area contributed by atoms with Gasteiger partial charge in [0.05, 0.1) is 0 Å². The maximum Gasteiger partial charge on any atom is 0.159 e. The number of aryl methyl sites for hydroxylation is 2. The molecule has 6 heteroatoms. The van der Waals surface area contributed by atoms with Crippen molar-refractivity contribution >= 4 is 17.2 Å². The van der Waals surface area contributed by atoms with Crippen molar-refractivity contribution in [3.63, 3.8) is 0 Å². The Morgan fingerprint density at radius 1 is 1.00 bits per heavy atom. The second-order valence-electron chi connectivity index (χ2n) is 9.81. The van der Waals surface area contributed by atoms with Crippen molar-refractivity contribution in [1.29, 1.82) is 0 Å². The molecule has 1 aromatic carbocycles. The Morgan fingerprint density at radius 2 is 1.70 bits per heavy atom. The number of ketones is 1. The van der Waals surface area contributed by atoms with E-state index in [1.54, 1.807) is 6.92 Å². The van der Waals surface area contributed by atoms with Gasteiger partial charge in [0.15, 0.2) is 5.78 Å². The summed E-state index contributed by atoms with van der Waals surface area (Å²) >= 11 is 0.